The lowest BCUT2D eigenvalue weighted by Gasteiger charge is -2.11. The Kier molecular flexibility index (Phi) is 6.48. The normalized spacial score (nSPS) is 10.7. The Balaban J connectivity index is 1.54. The van der Waals surface area contributed by atoms with Crippen molar-refractivity contribution < 1.29 is 9.59 Å². The number of benzene rings is 2. The first-order chi connectivity index (χ1) is 15.5. The molecule has 0 saturated carbocycles. The van der Waals surface area contributed by atoms with Gasteiger partial charge >= 0.3 is 0 Å². The van der Waals surface area contributed by atoms with Gasteiger partial charge in [0.1, 0.15) is 0 Å². The summed E-state index contributed by atoms with van der Waals surface area (Å²) in [4.78, 5) is 27.7. The number of nitrogens with one attached hydrogen (secondary N) is 1. The summed E-state index contributed by atoms with van der Waals surface area (Å²) >= 11 is 7.30. The van der Waals surface area contributed by atoms with Crippen LogP contribution < -0.4 is 11.1 Å². The minimum absolute atomic E-state index is 0.111. The number of halogens is 1. The van der Waals surface area contributed by atoms with Gasteiger partial charge in [-0.05, 0) is 60.7 Å². The Morgan fingerprint density at radius 3 is 2.31 bits per heavy atom. The van der Waals surface area contributed by atoms with Crippen molar-refractivity contribution in [2.24, 2.45) is 5.73 Å². The molecule has 0 aliphatic carbocycles. The summed E-state index contributed by atoms with van der Waals surface area (Å²) in [6.45, 7) is 0. The molecule has 0 unspecified atom stereocenters. The number of hydrogen-bond donors (Lipinski definition) is 2. The van der Waals surface area contributed by atoms with Gasteiger partial charge in [-0.25, -0.2) is 0 Å². The maximum atomic E-state index is 12.5. The van der Waals surface area contributed by atoms with Gasteiger partial charge in [-0.2, -0.15) is 0 Å². The van der Waals surface area contributed by atoms with Gasteiger partial charge in [0.05, 0.1) is 5.75 Å². The summed E-state index contributed by atoms with van der Waals surface area (Å²) in [5.74, 6) is -0.0119. The van der Waals surface area contributed by atoms with Crippen LogP contribution in [0.5, 0.6) is 0 Å². The van der Waals surface area contributed by atoms with Crippen molar-refractivity contribution in [3.63, 3.8) is 0 Å². The highest BCUT2D eigenvalue weighted by molar-refractivity contribution is 7.99. The van der Waals surface area contributed by atoms with Crippen molar-refractivity contribution in [1.29, 1.82) is 0 Å². The van der Waals surface area contributed by atoms with Gasteiger partial charge in [0.2, 0.25) is 11.8 Å². The van der Waals surface area contributed by atoms with Crippen molar-refractivity contribution in [3.8, 4) is 17.1 Å². The summed E-state index contributed by atoms with van der Waals surface area (Å²) in [5.41, 5.74) is 7.83. The molecular formula is C22H17ClN6O2S. The van der Waals surface area contributed by atoms with Gasteiger partial charge in [-0.15, -0.1) is 10.2 Å². The number of amides is 2. The van der Waals surface area contributed by atoms with E-state index in [0.717, 1.165) is 11.3 Å². The molecule has 0 aliphatic heterocycles. The monoisotopic (exact) mass is 464 g/mol. The summed E-state index contributed by atoms with van der Waals surface area (Å²) in [6, 6.07) is 17.3. The molecule has 2 aromatic carbocycles. The van der Waals surface area contributed by atoms with Crippen molar-refractivity contribution in [2.45, 2.75) is 5.16 Å². The molecule has 2 amide bonds. The van der Waals surface area contributed by atoms with Gasteiger partial charge in [0.25, 0.3) is 0 Å². The van der Waals surface area contributed by atoms with Crippen LogP contribution >= 0.6 is 23.4 Å². The molecule has 0 bridgehead atoms. The summed E-state index contributed by atoms with van der Waals surface area (Å²) in [6.07, 6.45) is 3.36. The van der Waals surface area contributed by atoms with Gasteiger partial charge in [0.15, 0.2) is 11.0 Å². The zero-order chi connectivity index (χ0) is 22.5. The van der Waals surface area contributed by atoms with Crippen LogP contribution in [0.25, 0.3) is 17.1 Å². The SMILES string of the molecule is NC(=O)c1ccc(NC(=O)CSc2nnc(-c3ccncc3)n2-c2ccc(Cl)cc2)cc1. The Labute approximate surface area is 192 Å². The molecule has 160 valence electrons. The van der Waals surface area contributed by atoms with Crippen LogP contribution in [-0.2, 0) is 4.79 Å². The number of aromatic nitrogens is 4. The average Bonchev–Trinajstić information content (AvgIpc) is 3.23. The first-order valence-corrected chi connectivity index (χ1v) is 10.8. The van der Waals surface area contributed by atoms with Crippen LogP contribution in [-0.4, -0.2) is 37.3 Å². The van der Waals surface area contributed by atoms with Crippen LogP contribution in [0.2, 0.25) is 5.02 Å². The number of nitrogens with zero attached hydrogens (tertiary/aromatic N) is 4. The minimum Gasteiger partial charge on any atom is -0.366 e. The number of anilines is 1. The third-order valence-electron chi connectivity index (χ3n) is 4.44. The van der Waals surface area contributed by atoms with Crippen molar-refractivity contribution in [3.05, 3.63) is 83.6 Å². The number of hydrogen-bond acceptors (Lipinski definition) is 6. The first kappa shape index (κ1) is 21.5. The van der Waals surface area contributed by atoms with Gasteiger partial charge < -0.3 is 11.1 Å². The van der Waals surface area contributed by atoms with Gasteiger partial charge in [-0.3, -0.25) is 19.1 Å². The fraction of sp³-hybridized carbons (Fsp3) is 0.0455. The van der Waals surface area contributed by atoms with Crippen LogP contribution in [0.3, 0.4) is 0 Å². The zero-order valence-electron chi connectivity index (χ0n) is 16.6. The third-order valence-corrected chi connectivity index (χ3v) is 5.62. The molecule has 8 nitrogen and oxygen atoms in total. The molecule has 32 heavy (non-hydrogen) atoms. The topological polar surface area (TPSA) is 116 Å². The zero-order valence-corrected chi connectivity index (χ0v) is 18.2. The Morgan fingerprint density at radius 1 is 0.969 bits per heavy atom. The predicted molar refractivity (Wildman–Crippen MR) is 124 cm³/mol. The number of primary amides is 1. The highest BCUT2D eigenvalue weighted by Crippen LogP contribution is 2.28. The molecule has 2 aromatic heterocycles. The number of pyridine rings is 1. The lowest BCUT2D eigenvalue weighted by atomic mass is 10.2. The fourth-order valence-electron chi connectivity index (χ4n) is 2.92. The van der Waals surface area contributed by atoms with E-state index >= 15 is 0 Å². The highest BCUT2D eigenvalue weighted by atomic mass is 35.5. The maximum Gasteiger partial charge on any atom is 0.248 e. The molecule has 4 aromatic rings. The van der Waals surface area contributed by atoms with Crippen LogP contribution in [0.4, 0.5) is 5.69 Å². The second-order valence-electron chi connectivity index (χ2n) is 6.63. The van der Waals surface area contributed by atoms with Crippen LogP contribution in [0.15, 0.2) is 78.2 Å². The summed E-state index contributed by atoms with van der Waals surface area (Å²) in [5, 5.41) is 12.6. The maximum absolute atomic E-state index is 12.5. The fourth-order valence-corrected chi connectivity index (χ4v) is 3.80. The Morgan fingerprint density at radius 2 is 1.66 bits per heavy atom. The summed E-state index contributed by atoms with van der Waals surface area (Å²) < 4.78 is 1.87. The van der Waals surface area contributed by atoms with Crippen molar-refractivity contribution in [2.75, 3.05) is 11.1 Å². The van der Waals surface area contributed by atoms with E-state index in [-0.39, 0.29) is 11.7 Å². The minimum atomic E-state index is -0.523. The highest BCUT2D eigenvalue weighted by Gasteiger charge is 2.17. The standard InChI is InChI=1S/C22H17ClN6O2S/c23-16-3-7-18(8-4-16)29-21(15-9-11-25-12-10-15)27-28-22(29)32-13-19(30)26-17-5-1-14(2-6-17)20(24)31/h1-12H,13H2,(H2,24,31)(H,26,30). The molecule has 0 spiro atoms. The third kappa shape index (κ3) is 4.96. The second kappa shape index (κ2) is 9.63. The van der Waals surface area contributed by atoms with E-state index in [4.69, 9.17) is 17.3 Å². The van der Waals surface area contributed by atoms with E-state index in [1.165, 1.54) is 11.8 Å². The lowest BCUT2D eigenvalue weighted by molar-refractivity contribution is -0.113. The largest absolute Gasteiger partial charge is 0.366 e. The first-order valence-electron chi connectivity index (χ1n) is 9.45. The smallest absolute Gasteiger partial charge is 0.248 e. The Bertz CT molecular complexity index is 1240. The molecular weight excluding hydrogens is 448 g/mol. The molecule has 2 heterocycles. The van der Waals surface area contributed by atoms with E-state index in [1.807, 2.05) is 28.8 Å². The molecule has 0 fully saturated rings. The lowest BCUT2D eigenvalue weighted by Crippen LogP contribution is -2.15. The van der Waals surface area contributed by atoms with Crippen molar-refractivity contribution in [1.82, 2.24) is 19.7 Å². The Hall–Kier alpha value is -3.69. The van der Waals surface area contributed by atoms with E-state index in [0.29, 0.717) is 27.3 Å². The van der Waals surface area contributed by atoms with Gasteiger partial charge in [0, 0.05) is 39.9 Å². The quantitative estimate of drug-likeness (QED) is 0.402. The number of carbonyl (C=O) groups excluding carboxylic acids is 2. The van der Waals surface area contributed by atoms with Crippen LogP contribution in [0, 0.1) is 0 Å². The van der Waals surface area contributed by atoms with E-state index < -0.39 is 5.91 Å². The second-order valence-corrected chi connectivity index (χ2v) is 8.01. The van der Waals surface area contributed by atoms with Gasteiger partial charge in [-0.1, -0.05) is 23.4 Å². The van der Waals surface area contributed by atoms with Crippen LogP contribution in [0.1, 0.15) is 10.4 Å². The van der Waals surface area contributed by atoms with E-state index in [2.05, 4.69) is 20.5 Å². The number of nitrogens with two attached hydrogens (primary N) is 1. The average molecular weight is 465 g/mol. The molecule has 0 radical (unpaired) electrons. The van der Waals surface area contributed by atoms with Crippen molar-refractivity contribution >= 4 is 40.9 Å². The molecule has 0 atom stereocenters. The summed E-state index contributed by atoms with van der Waals surface area (Å²) in [7, 11) is 0. The number of rotatable bonds is 7. The molecule has 4 rings (SSSR count). The van der Waals surface area contributed by atoms with E-state index in [9.17, 15) is 9.59 Å². The molecule has 3 N–H and O–H groups in total. The molecule has 10 heteroatoms. The number of thioether (sulfide) groups is 1. The number of carbonyl (C=O) groups is 2. The molecule has 0 aliphatic rings. The predicted octanol–water partition coefficient (Wildman–Crippen LogP) is 3.81. The van der Waals surface area contributed by atoms with E-state index in [1.54, 1.807) is 48.8 Å². The molecule has 0 saturated heterocycles.